The minimum atomic E-state index is -1.11. The summed E-state index contributed by atoms with van der Waals surface area (Å²) >= 11 is 0. The second kappa shape index (κ2) is 9.72. The Balaban J connectivity index is 1.85. The summed E-state index contributed by atoms with van der Waals surface area (Å²) in [5.41, 5.74) is 2.74. The fraction of sp³-hybridized carbons (Fsp3) is 0.375. The summed E-state index contributed by atoms with van der Waals surface area (Å²) in [4.78, 5) is 28.9. The smallest absolute Gasteiger partial charge is 0.405 e. The molecule has 2 aromatic heterocycles. The molecular weight excluding hydrogens is 408 g/mol. The lowest BCUT2D eigenvalue weighted by Crippen LogP contribution is -2.53. The van der Waals surface area contributed by atoms with Crippen LogP contribution in [0.3, 0.4) is 0 Å². The van der Waals surface area contributed by atoms with Gasteiger partial charge in [0.05, 0.1) is 11.2 Å². The van der Waals surface area contributed by atoms with E-state index in [2.05, 4.69) is 15.6 Å². The van der Waals surface area contributed by atoms with Crippen molar-refractivity contribution in [3.8, 4) is 5.75 Å². The predicted molar refractivity (Wildman–Crippen MR) is 122 cm³/mol. The Morgan fingerprint density at radius 2 is 1.94 bits per heavy atom. The average molecular weight is 439 g/mol. The molecule has 1 unspecified atom stereocenters. The molecule has 0 saturated carbocycles. The van der Waals surface area contributed by atoms with Crippen molar-refractivity contribution in [3.63, 3.8) is 0 Å². The molecular formula is C24H30N4O4. The number of fused-ring (bicyclic) bond motifs is 1. The largest absolute Gasteiger partial charge is 0.485 e. The van der Waals surface area contributed by atoms with Crippen LogP contribution in [0.15, 0.2) is 42.6 Å². The van der Waals surface area contributed by atoms with Crippen molar-refractivity contribution in [1.29, 1.82) is 0 Å². The number of amides is 2. The highest BCUT2D eigenvalue weighted by Gasteiger charge is 2.27. The number of rotatable bonds is 9. The number of pyridine rings is 1. The molecule has 0 aliphatic rings. The zero-order valence-electron chi connectivity index (χ0n) is 18.9. The molecule has 1 aromatic carbocycles. The molecule has 0 fully saturated rings. The van der Waals surface area contributed by atoms with Gasteiger partial charge in [0.2, 0.25) is 0 Å². The number of hydrogen-bond acceptors (Lipinski definition) is 4. The zero-order chi connectivity index (χ0) is 23.3. The number of imidazole rings is 1. The Labute approximate surface area is 187 Å². The van der Waals surface area contributed by atoms with E-state index in [0.717, 1.165) is 17.5 Å². The Morgan fingerprint density at radius 3 is 2.59 bits per heavy atom. The molecule has 0 saturated heterocycles. The Hall–Kier alpha value is -3.55. The van der Waals surface area contributed by atoms with Crippen LogP contribution in [0.5, 0.6) is 5.75 Å². The minimum absolute atomic E-state index is 0.168. The molecule has 3 aromatic rings. The van der Waals surface area contributed by atoms with Crippen LogP contribution in [0.25, 0.3) is 5.65 Å². The third-order valence-electron chi connectivity index (χ3n) is 5.30. The van der Waals surface area contributed by atoms with Gasteiger partial charge in [0.15, 0.2) is 11.4 Å². The van der Waals surface area contributed by atoms with Gasteiger partial charge >= 0.3 is 6.09 Å². The van der Waals surface area contributed by atoms with E-state index in [1.807, 2.05) is 56.4 Å². The van der Waals surface area contributed by atoms with E-state index >= 15 is 0 Å². The molecule has 0 spiro atoms. The minimum Gasteiger partial charge on any atom is -0.485 e. The van der Waals surface area contributed by atoms with E-state index in [9.17, 15) is 9.59 Å². The summed E-state index contributed by atoms with van der Waals surface area (Å²) in [5.74, 6) is 0.281. The van der Waals surface area contributed by atoms with Gasteiger partial charge in [-0.25, -0.2) is 9.78 Å². The van der Waals surface area contributed by atoms with Crippen LogP contribution in [-0.4, -0.2) is 38.6 Å². The maximum absolute atomic E-state index is 13.1. The van der Waals surface area contributed by atoms with E-state index in [4.69, 9.17) is 9.84 Å². The van der Waals surface area contributed by atoms with Gasteiger partial charge in [0, 0.05) is 12.7 Å². The fourth-order valence-corrected chi connectivity index (χ4v) is 3.84. The van der Waals surface area contributed by atoms with E-state index in [1.54, 1.807) is 18.2 Å². The van der Waals surface area contributed by atoms with Gasteiger partial charge in [-0.2, -0.15) is 0 Å². The number of nitrogens with one attached hydrogen (secondary N) is 2. The van der Waals surface area contributed by atoms with Crippen molar-refractivity contribution in [3.05, 3.63) is 65.1 Å². The van der Waals surface area contributed by atoms with Crippen LogP contribution in [0.1, 0.15) is 54.0 Å². The third kappa shape index (κ3) is 5.38. The maximum Gasteiger partial charge on any atom is 0.405 e. The lowest BCUT2D eigenvalue weighted by atomic mass is 9.96. The number of carbonyl (C=O) groups is 2. The Bertz CT molecular complexity index is 1110. The molecule has 3 N–H and O–H groups in total. The summed E-state index contributed by atoms with van der Waals surface area (Å²) in [6.07, 6.45) is 2.11. The second-order valence-corrected chi connectivity index (χ2v) is 8.32. The van der Waals surface area contributed by atoms with Gasteiger partial charge in [-0.1, -0.05) is 43.7 Å². The predicted octanol–water partition coefficient (Wildman–Crippen LogP) is 4.09. The van der Waals surface area contributed by atoms with Crippen molar-refractivity contribution in [2.45, 2.75) is 52.7 Å². The van der Waals surface area contributed by atoms with Crippen LogP contribution in [0.2, 0.25) is 0 Å². The molecule has 170 valence electrons. The first-order valence-corrected chi connectivity index (χ1v) is 10.7. The monoisotopic (exact) mass is 438 g/mol. The van der Waals surface area contributed by atoms with Gasteiger partial charge in [0.25, 0.3) is 5.91 Å². The molecule has 0 aliphatic heterocycles. The average Bonchev–Trinajstić information content (AvgIpc) is 3.06. The Kier molecular flexibility index (Phi) is 7.02. The van der Waals surface area contributed by atoms with Crippen LogP contribution in [0.4, 0.5) is 4.79 Å². The zero-order valence-corrected chi connectivity index (χ0v) is 18.9. The summed E-state index contributed by atoms with van der Waals surface area (Å²) in [6.45, 7) is 8.02. The molecule has 32 heavy (non-hydrogen) atoms. The molecule has 2 amide bonds. The highest BCUT2D eigenvalue weighted by Crippen LogP contribution is 2.25. The molecule has 1 atom stereocenters. The van der Waals surface area contributed by atoms with Crippen molar-refractivity contribution in [2.24, 2.45) is 0 Å². The Morgan fingerprint density at radius 1 is 1.22 bits per heavy atom. The number of nitrogens with zero attached hydrogens (tertiary/aromatic N) is 2. The topological polar surface area (TPSA) is 105 Å². The number of carbonyl (C=O) groups excluding carboxylic acids is 1. The van der Waals surface area contributed by atoms with E-state index in [0.29, 0.717) is 35.8 Å². The van der Waals surface area contributed by atoms with Crippen LogP contribution in [-0.2, 0) is 6.61 Å². The maximum atomic E-state index is 13.1. The molecule has 3 rings (SSSR count). The van der Waals surface area contributed by atoms with Gasteiger partial charge in [-0.05, 0) is 44.4 Å². The highest BCUT2D eigenvalue weighted by molar-refractivity contribution is 5.95. The lowest BCUT2D eigenvalue weighted by molar-refractivity contribution is 0.0929. The first-order valence-electron chi connectivity index (χ1n) is 10.7. The summed E-state index contributed by atoms with van der Waals surface area (Å²) in [7, 11) is 0. The molecule has 0 aliphatic carbocycles. The highest BCUT2D eigenvalue weighted by atomic mass is 16.5. The van der Waals surface area contributed by atoms with Crippen molar-refractivity contribution in [1.82, 2.24) is 20.0 Å². The van der Waals surface area contributed by atoms with Crippen molar-refractivity contribution >= 4 is 17.6 Å². The number of hydrogen-bond donors (Lipinski definition) is 3. The molecule has 8 heteroatoms. The van der Waals surface area contributed by atoms with Crippen molar-refractivity contribution < 1.29 is 19.4 Å². The van der Waals surface area contributed by atoms with Gasteiger partial charge < -0.3 is 20.5 Å². The van der Waals surface area contributed by atoms with Crippen LogP contribution >= 0.6 is 0 Å². The van der Waals surface area contributed by atoms with E-state index < -0.39 is 11.6 Å². The standard InChI is InChI=1S/C24H30N4O4/c1-5-11-24(4,27-23(30)31)15-25-22(29)20-17(3)26-21-19(12-16(2)13-28(20)21)32-14-18-9-7-6-8-10-18/h6-10,12-13,27H,5,11,14-15H2,1-4H3,(H,25,29)(H,30,31). The number of ether oxygens (including phenoxy) is 1. The van der Waals surface area contributed by atoms with Gasteiger partial charge in [-0.3, -0.25) is 9.20 Å². The quantitative estimate of drug-likeness (QED) is 0.467. The lowest BCUT2D eigenvalue weighted by Gasteiger charge is -2.29. The number of carboxylic acid groups (broad SMARTS) is 1. The summed E-state index contributed by atoms with van der Waals surface area (Å²) in [5, 5.41) is 14.6. The normalized spacial score (nSPS) is 12.9. The van der Waals surface area contributed by atoms with Gasteiger partial charge in [0.1, 0.15) is 12.3 Å². The van der Waals surface area contributed by atoms with Crippen molar-refractivity contribution in [2.75, 3.05) is 6.54 Å². The summed E-state index contributed by atoms with van der Waals surface area (Å²) in [6, 6.07) is 11.7. The van der Waals surface area contributed by atoms with Crippen LogP contribution < -0.4 is 15.4 Å². The first-order chi connectivity index (χ1) is 15.2. The van der Waals surface area contributed by atoms with Crippen LogP contribution in [0, 0.1) is 13.8 Å². The first kappa shape index (κ1) is 23.1. The molecule has 8 nitrogen and oxygen atoms in total. The molecule has 2 heterocycles. The fourth-order valence-electron chi connectivity index (χ4n) is 3.84. The van der Waals surface area contributed by atoms with E-state index in [1.165, 1.54) is 0 Å². The SMILES string of the molecule is CCCC(C)(CNC(=O)c1c(C)nc2c(OCc3ccccc3)cc(C)cn12)NC(=O)O. The number of aryl methyl sites for hydroxylation is 2. The van der Waals surface area contributed by atoms with Gasteiger partial charge in [-0.15, -0.1) is 0 Å². The number of aromatic nitrogens is 2. The van der Waals surface area contributed by atoms with E-state index in [-0.39, 0.29) is 12.5 Å². The number of benzene rings is 1. The summed E-state index contributed by atoms with van der Waals surface area (Å²) < 4.78 is 7.77. The molecule has 0 bridgehead atoms. The third-order valence-corrected chi connectivity index (χ3v) is 5.30. The molecule has 0 radical (unpaired) electrons. The second-order valence-electron chi connectivity index (χ2n) is 8.32.